The lowest BCUT2D eigenvalue weighted by Gasteiger charge is -2.22. The maximum absolute atomic E-state index is 5.71. The van der Waals surface area contributed by atoms with Crippen LogP contribution in [0.1, 0.15) is 26.2 Å². The van der Waals surface area contributed by atoms with Crippen molar-refractivity contribution in [3.63, 3.8) is 0 Å². The molecule has 0 aromatic rings. The smallest absolute Gasteiger partial charge is 0.0741 e. The van der Waals surface area contributed by atoms with Crippen LogP contribution in [0.5, 0.6) is 0 Å². The second-order valence-corrected chi connectivity index (χ2v) is 3.71. The van der Waals surface area contributed by atoms with Crippen LogP contribution in [-0.2, 0) is 4.74 Å². The van der Waals surface area contributed by atoms with Crippen molar-refractivity contribution in [1.82, 2.24) is 5.32 Å². The van der Waals surface area contributed by atoms with E-state index in [0.29, 0.717) is 18.7 Å². The summed E-state index contributed by atoms with van der Waals surface area (Å²) in [7, 11) is 0. The molecular weight excluding hydrogens is 176 g/mol. The van der Waals surface area contributed by atoms with Gasteiger partial charge in [-0.3, -0.25) is 0 Å². The molecule has 0 aromatic heterocycles. The minimum absolute atomic E-state index is 0.336. The van der Waals surface area contributed by atoms with Crippen molar-refractivity contribution in [3.05, 3.63) is 12.2 Å². The molecule has 0 bridgehead atoms. The second-order valence-electron chi connectivity index (χ2n) is 3.71. The summed E-state index contributed by atoms with van der Waals surface area (Å²) in [5.41, 5.74) is 5.71. The minimum Gasteiger partial charge on any atom is -0.377 e. The molecule has 0 aliphatic carbocycles. The van der Waals surface area contributed by atoms with Crippen molar-refractivity contribution in [2.75, 3.05) is 19.7 Å². The van der Waals surface area contributed by atoms with Crippen LogP contribution in [0.2, 0.25) is 0 Å². The lowest BCUT2D eigenvalue weighted by molar-refractivity contribution is 0.0810. The third-order valence-corrected chi connectivity index (χ3v) is 2.62. The monoisotopic (exact) mass is 198 g/mol. The molecule has 82 valence electrons. The Balaban J connectivity index is 2.17. The number of hydrogen-bond donors (Lipinski definition) is 2. The molecule has 1 rings (SSSR count). The Hall–Kier alpha value is -0.380. The van der Waals surface area contributed by atoms with Crippen molar-refractivity contribution in [2.45, 2.75) is 38.3 Å². The van der Waals surface area contributed by atoms with E-state index in [9.17, 15) is 0 Å². The highest BCUT2D eigenvalue weighted by molar-refractivity contribution is 4.83. The van der Waals surface area contributed by atoms with Crippen LogP contribution < -0.4 is 11.1 Å². The molecule has 0 aromatic carbocycles. The van der Waals surface area contributed by atoms with Gasteiger partial charge >= 0.3 is 0 Å². The Morgan fingerprint density at radius 2 is 2.50 bits per heavy atom. The predicted molar refractivity (Wildman–Crippen MR) is 59.3 cm³/mol. The van der Waals surface area contributed by atoms with Gasteiger partial charge in [-0.25, -0.2) is 0 Å². The van der Waals surface area contributed by atoms with E-state index in [1.165, 1.54) is 6.42 Å². The molecule has 1 fully saturated rings. The fourth-order valence-electron chi connectivity index (χ4n) is 1.81. The minimum atomic E-state index is 0.336. The number of hydrogen-bond acceptors (Lipinski definition) is 3. The van der Waals surface area contributed by atoms with Gasteiger partial charge in [0.1, 0.15) is 0 Å². The standard InChI is InChI=1S/C11H22N2O/c1-2-3-4-7-13-10(9-12)11-6-5-8-14-11/h2-3,10-11,13H,4-9,12H2,1H3/b3-2+. The molecule has 0 spiro atoms. The van der Waals surface area contributed by atoms with Crippen molar-refractivity contribution >= 4 is 0 Å². The lowest BCUT2D eigenvalue weighted by atomic mass is 10.1. The molecule has 3 heteroatoms. The molecular formula is C11H22N2O. The third kappa shape index (κ3) is 3.78. The highest BCUT2D eigenvalue weighted by Crippen LogP contribution is 2.14. The van der Waals surface area contributed by atoms with E-state index in [2.05, 4.69) is 17.5 Å². The molecule has 3 nitrogen and oxygen atoms in total. The zero-order valence-electron chi connectivity index (χ0n) is 9.04. The predicted octanol–water partition coefficient (Wildman–Crippen LogP) is 1.05. The molecule has 2 unspecified atom stereocenters. The summed E-state index contributed by atoms with van der Waals surface area (Å²) in [6.07, 6.45) is 7.97. The van der Waals surface area contributed by atoms with Gasteiger partial charge in [0.15, 0.2) is 0 Å². The summed E-state index contributed by atoms with van der Waals surface area (Å²) in [5, 5.41) is 3.44. The highest BCUT2D eigenvalue weighted by atomic mass is 16.5. The Kier molecular flexibility index (Phi) is 5.83. The number of nitrogens with one attached hydrogen (secondary N) is 1. The van der Waals surface area contributed by atoms with Gasteiger partial charge in [-0.1, -0.05) is 12.2 Å². The van der Waals surface area contributed by atoms with Gasteiger partial charge in [0.25, 0.3) is 0 Å². The van der Waals surface area contributed by atoms with Crippen LogP contribution in [0, 0.1) is 0 Å². The summed E-state index contributed by atoms with van der Waals surface area (Å²) in [6, 6.07) is 0.336. The average Bonchev–Trinajstić information content (AvgIpc) is 2.71. The molecule has 14 heavy (non-hydrogen) atoms. The van der Waals surface area contributed by atoms with Crippen LogP contribution in [0.25, 0.3) is 0 Å². The Morgan fingerprint density at radius 1 is 1.64 bits per heavy atom. The maximum atomic E-state index is 5.71. The summed E-state index contributed by atoms with van der Waals surface area (Å²) in [4.78, 5) is 0. The van der Waals surface area contributed by atoms with E-state index < -0.39 is 0 Å². The Labute approximate surface area is 86.7 Å². The number of rotatable bonds is 6. The van der Waals surface area contributed by atoms with E-state index in [0.717, 1.165) is 26.0 Å². The molecule has 1 aliphatic rings. The van der Waals surface area contributed by atoms with E-state index in [1.54, 1.807) is 0 Å². The van der Waals surface area contributed by atoms with Crippen molar-refractivity contribution in [3.8, 4) is 0 Å². The summed E-state index contributed by atoms with van der Waals surface area (Å²) < 4.78 is 5.60. The highest BCUT2D eigenvalue weighted by Gasteiger charge is 2.23. The normalized spacial score (nSPS) is 24.6. The van der Waals surface area contributed by atoms with Gasteiger partial charge in [-0.15, -0.1) is 0 Å². The van der Waals surface area contributed by atoms with Crippen LogP contribution in [-0.4, -0.2) is 31.8 Å². The van der Waals surface area contributed by atoms with Crippen LogP contribution in [0.3, 0.4) is 0 Å². The largest absolute Gasteiger partial charge is 0.377 e. The van der Waals surface area contributed by atoms with Gasteiger partial charge in [0.05, 0.1) is 6.10 Å². The number of nitrogens with two attached hydrogens (primary N) is 1. The first-order chi connectivity index (χ1) is 6.88. The van der Waals surface area contributed by atoms with Crippen molar-refractivity contribution in [2.24, 2.45) is 5.73 Å². The zero-order chi connectivity index (χ0) is 10.2. The van der Waals surface area contributed by atoms with Crippen LogP contribution >= 0.6 is 0 Å². The number of ether oxygens (including phenoxy) is 1. The summed E-state index contributed by atoms with van der Waals surface area (Å²) in [6.45, 7) is 4.60. The van der Waals surface area contributed by atoms with Gasteiger partial charge in [-0.2, -0.15) is 0 Å². The molecule has 0 saturated carbocycles. The van der Waals surface area contributed by atoms with Crippen LogP contribution in [0.15, 0.2) is 12.2 Å². The van der Waals surface area contributed by atoms with E-state index >= 15 is 0 Å². The molecule has 1 aliphatic heterocycles. The third-order valence-electron chi connectivity index (χ3n) is 2.62. The SMILES string of the molecule is C/C=C/CCNC(CN)C1CCCO1. The topological polar surface area (TPSA) is 47.3 Å². The second kappa shape index (κ2) is 6.98. The van der Waals surface area contributed by atoms with E-state index in [1.807, 2.05) is 6.92 Å². The molecule has 2 atom stereocenters. The molecule has 1 saturated heterocycles. The first-order valence-corrected chi connectivity index (χ1v) is 5.54. The lowest BCUT2D eigenvalue weighted by Crippen LogP contribution is -2.45. The van der Waals surface area contributed by atoms with Crippen molar-refractivity contribution < 1.29 is 4.74 Å². The van der Waals surface area contributed by atoms with Crippen molar-refractivity contribution in [1.29, 1.82) is 0 Å². The Morgan fingerprint density at radius 3 is 3.07 bits per heavy atom. The fraction of sp³-hybridized carbons (Fsp3) is 0.818. The zero-order valence-corrected chi connectivity index (χ0v) is 9.04. The summed E-state index contributed by atoms with van der Waals surface area (Å²) in [5.74, 6) is 0. The van der Waals surface area contributed by atoms with Crippen LogP contribution in [0.4, 0.5) is 0 Å². The Bertz CT molecular complexity index is 165. The van der Waals surface area contributed by atoms with E-state index in [4.69, 9.17) is 10.5 Å². The van der Waals surface area contributed by atoms with Gasteiger partial charge in [0.2, 0.25) is 0 Å². The average molecular weight is 198 g/mol. The molecule has 3 N–H and O–H groups in total. The number of allylic oxidation sites excluding steroid dienone is 1. The van der Waals surface area contributed by atoms with E-state index in [-0.39, 0.29) is 0 Å². The van der Waals surface area contributed by atoms with Gasteiger partial charge in [-0.05, 0) is 32.7 Å². The first kappa shape index (κ1) is 11.7. The molecule has 0 radical (unpaired) electrons. The summed E-state index contributed by atoms with van der Waals surface area (Å²) >= 11 is 0. The first-order valence-electron chi connectivity index (χ1n) is 5.54. The molecule has 1 heterocycles. The fourth-order valence-corrected chi connectivity index (χ4v) is 1.81. The maximum Gasteiger partial charge on any atom is 0.0741 e. The molecule has 0 amide bonds. The van der Waals surface area contributed by atoms with Gasteiger partial charge < -0.3 is 15.8 Å². The quantitative estimate of drug-likeness (QED) is 0.495. The van der Waals surface area contributed by atoms with Gasteiger partial charge in [0, 0.05) is 19.2 Å².